The molecule has 0 atom stereocenters. The van der Waals surface area contributed by atoms with E-state index in [1.54, 1.807) is 48.5 Å². The van der Waals surface area contributed by atoms with Crippen molar-refractivity contribution in [2.45, 2.75) is 26.7 Å². The molecule has 0 unspecified atom stereocenters. The van der Waals surface area contributed by atoms with Gasteiger partial charge in [-0.3, -0.25) is 0 Å². The average molecular weight is 515 g/mol. The summed E-state index contributed by atoms with van der Waals surface area (Å²) in [5, 5.41) is 0. The maximum atomic E-state index is 12.5. The van der Waals surface area contributed by atoms with Gasteiger partial charge in [-0.25, -0.2) is 4.79 Å². The number of carbonyl (C=O) groups excluding carboxylic acids is 1. The van der Waals surface area contributed by atoms with Gasteiger partial charge in [0.25, 0.3) is 0 Å². The lowest BCUT2D eigenvalue weighted by Crippen LogP contribution is -2.43. The molecule has 4 rings (SSSR count). The summed E-state index contributed by atoms with van der Waals surface area (Å²) in [5.74, 6) is 1.45. The molecule has 37 heavy (non-hydrogen) atoms. The molecule has 2 aromatic rings. The Morgan fingerprint density at radius 1 is 0.676 bits per heavy atom. The van der Waals surface area contributed by atoms with Crippen LogP contribution in [0.1, 0.15) is 37.0 Å². The molecule has 0 radical (unpaired) electrons. The minimum atomic E-state index is -0.426. The third kappa shape index (κ3) is 8.71. The van der Waals surface area contributed by atoms with Crippen molar-refractivity contribution in [3.8, 4) is 17.2 Å². The van der Waals surface area contributed by atoms with Crippen LogP contribution in [0.2, 0.25) is 0 Å². The number of rotatable bonds is 16. The van der Waals surface area contributed by atoms with E-state index in [-0.39, 0.29) is 10.8 Å². The van der Waals surface area contributed by atoms with Crippen LogP contribution >= 0.6 is 0 Å². The Balaban J connectivity index is 1.08. The summed E-state index contributed by atoms with van der Waals surface area (Å²) in [4.78, 5) is 12.5. The van der Waals surface area contributed by atoms with Crippen LogP contribution in [0.15, 0.2) is 48.5 Å². The third-order valence-corrected chi connectivity index (χ3v) is 6.23. The SMILES string of the molecule is CC1(COCCCOc2ccc(OC(=O)c3ccc(OCCCOCC4(C)COC4)cc3)cc2)COC1. The van der Waals surface area contributed by atoms with Gasteiger partial charge in [0, 0.05) is 36.9 Å². The van der Waals surface area contributed by atoms with Crippen LogP contribution in [0.3, 0.4) is 0 Å². The number of hydrogen-bond donors (Lipinski definition) is 0. The van der Waals surface area contributed by atoms with E-state index in [1.165, 1.54) is 0 Å². The number of carbonyl (C=O) groups is 1. The van der Waals surface area contributed by atoms with Gasteiger partial charge in [0.1, 0.15) is 17.2 Å². The number of hydrogen-bond acceptors (Lipinski definition) is 8. The summed E-state index contributed by atoms with van der Waals surface area (Å²) < 4.78 is 38.8. The first-order valence-electron chi connectivity index (χ1n) is 12.9. The minimum absolute atomic E-state index is 0.167. The molecule has 0 N–H and O–H groups in total. The van der Waals surface area contributed by atoms with E-state index < -0.39 is 5.97 Å². The van der Waals surface area contributed by atoms with Crippen LogP contribution in [0.4, 0.5) is 0 Å². The van der Waals surface area contributed by atoms with Gasteiger partial charge >= 0.3 is 5.97 Å². The number of ether oxygens (including phenoxy) is 7. The smallest absolute Gasteiger partial charge is 0.343 e. The molecule has 2 saturated heterocycles. The first-order chi connectivity index (χ1) is 17.9. The highest BCUT2D eigenvalue weighted by Gasteiger charge is 2.34. The van der Waals surface area contributed by atoms with Gasteiger partial charge < -0.3 is 33.2 Å². The van der Waals surface area contributed by atoms with Crippen molar-refractivity contribution in [1.29, 1.82) is 0 Å². The molecule has 0 spiro atoms. The van der Waals surface area contributed by atoms with Crippen LogP contribution in [-0.2, 0) is 18.9 Å². The second-order valence-corrected chi connectivity index (χ2v) is 10.5. The topological polar surface area (TPSA) is 81.7 Å². The van der Waals surface area contributed by atoms with Gasteiger partial charge in [-0.05, 0) is 48.5 Å². The van der Waals surface area contributed by atoms with E-state index in [4.69, 9.17) is 33.2 Å². The molecule has 2 heterocycles. The molecule has 0 aromatic heterocycles. The van der Waals surface area contributed by atoms with Gasteiger partial charge in [-0.1, -0.05) is 13.8 Å². The van der Waals surface area contributed by atoms with Gasteiger partial charge in [-0.15, -0.1) is 0 Å². The summed E-state index contributed by atoms with van der Waals surface area (Å²) in [6.07, 6.45) is 1.60. The lowest BCUT2D eigenvalue weighted by Gasteiger charge is -2.37. The van der Waals surface area contributed by atoms with Crippen molar-refractivity contribution in [3.63, 3.8) is 0 Å². The Kier molecular flexibility index (Phi) is 9.80. The summed E-state index contributed by atoms with van der Waals surface area (Å²) >= 11 is 0. The van der Waals surface area contributed by atoms with Gasteiger partial charge in [0.2, 0.25) is 0 Å². The Bertz CT molecular complexity index is 964. The number of esters is 1. The molecule has 0 bridgehead atoms. The van der Waals surface area contributed by atoms with Gasteiger partial charge in [0.05, 0.1) is 58.4 Å². The fourth-order valence-electron chi connectivity index (χ4n) is 3.86. The summed E-state index contributed by atoms with van der Waals surface area (Å²) in [5.41, 5.74) is 0.791. The lowest BCUT2D eigenvalue weighted by atomic mass is 9.90. The predicted molar refractivity (Wildman–Crippen MR) is 138 cm³/mol. The van der Waals surface area contributed by atoms with Crippen molar-refractivity contribution in [3.05, 3.63) is 54.1 Å². The van der Waals surface area contributed by atoms with Crippen LogP contribution in [0.25, 0.3) is 0 Å². The van der Waals surface area contributed by atoms with Crippen molar-refractivity contribution in [2.24, 2.45) is 10.8 Å². The minimum Gasteiger partial charge on any atom is -0.494 e. The van der Waals surface area contributed by atoms with E-state index in [0.717, 1.165) is 45.0 Å². The van der Waals surface area contributed by atoms with Crippen LogP contribution in [0.5, 0.6) is 17.2 Å². The predicted octanol–water partition coefficient (Wildman–Crippen LogP) is 4.55. The normalized spacial score (nSPS) is 17.4. The zero-order valence-corrected chi connectivity index (χ0v) is 21.9. The molecule has 8 heteroatoms. The highest BCUT2D eigenvalue weighted by atomic mass is 16.5. The second kappa shape index (κ2) is 13.2. The summed E-state index contributed by atoms with van der Waals surface area (Å²) in [6.45, 7) is 11.2. The molecule has 0 saturated carbocycles. The molecule has 202 valence electrons. The molecular weight excluding hydrogens is 476 g/mol. The first kappa shape index (κ1) is 27.4. The maximum absolute atomic E-state index is 12.5. The monoisotopic (exact) mass is 514 g/mol. The Morgan fingerprint density at radius 2 is 1.11 bits per heavy atom. The van der Waals surface area contributed by atoms with E-state index in [9.17, 15) is 4.79 Å². The van der Waals surface area contributed by atoms with Crippen molar-refractivity contribution in [2.75, 3.05) is 66.1 Å². The third-order valence-electron chi connectivity index (χ3n) is 6.23. The Hall–Kier alpha value is -2.65. The largest absolute Gasteiger partial charge is 0.494 e. The lowest BCUT2D eigenvalue weighted by molar-refractivity contribution is -0.138. The highest BCUT2D eigenvalue weighted by molar-refractivity contribution is 5.91. The van der Waals surface area contributed by atoms with Gasteiger partial charge in [-0.2, -0.15) is 0 Å². The van der Waals surface area contributed by atoms with Crippen LogP contribution < -0.4 is 14.2 Å². The molecule has 8 nitrogen and oxygen atoms in total. The van der Waals surface area contributed by atoms with Crippen LogP contribution in [-0.4, -0.2) is 72.0 Å². The van der Waals surface area contributed by atoms with Gasteiger partial charge in [0.15, 0.2) is 0 Å². The molecule has 2 aliphatic heterocycles. The van der Waals surface area contributed by atoms with E-state index in [1.807, 2.05) is 0 Å². The highest BCUT2D eigenvalue weighted by Crippen LogP contribution is 2.27. The van der Waals surface area contributed by atoms with Crippen LogP contribution in [0, 0.1) is 10.8 Å². The fraction of sp³-hybridized carbons (Fsp3) is 0.552. The standard InChI is InChI=1S/C29H38O8/c1-28(19-33-20-28)17-31-13-3-15-35-24-7-5-23(6-8-24)27(30)37-26-11-9-25(10-12-26)36-16-4-14-32-18-29(2)21-34-22-29/h5-12H,3-4,13-22H2,1-2H3. The number of benzene rings is 2. The second-order valence-electron chi connectivity index (χ2n) is 10.5. The molecule has 2 fully saturated rings. The molecular formula is C29H38O8. The Labute approximate surface area is 219 Å². The zero-order chi connectivity index (χ0) is 26.0. The summed E-state index contributed by atoms with van der Waals surface area (Å²) in [7, 11) is 0. The average Bonchev–Trinajstić information content (AvgIpc) is 2.87. The molecule has 0 aliphatic carbocycles. The molecule has 2 aromatic carbocycles. The fourth-order valence-corrected chi connectivity index (χ4v) is 3.86. The summed E-state index contributed by atoms with van der Waals surface area (Å²) in [6, 6.07) is 14.0. The zero-order valence-electron chi connectivity index (χ0n) is 21.9. The van der Waals surface area contributed by atoms with Crippen molar-refractivity contribution >= 4 is 5.97 Å². The van der Waals surface area contributed by atoms with E-state index >= 15 is 0 Å². The maximum Gasteiger partial charge on any atom is 0.343 e. The molecule has 0 amide bonds. The van der Waals surface area contributed by atoms with E-state index in [2.05, 4.69) is 13.8 Å². The first-order valence-corrected chi connectivity index (χ1v) is 12.9. The quantitative estimate of drug-likeness (QED) is 0.183. The van der Waals surface area contributed by atoms with Crippen molar-refractivity contribution < 1.29 is 38.0 Å². The molecule has 2 aliphatic rings. The Morgan fingerprint density at radius 3 is 1.54 bits per heavy atom. The van der Waals surface area contributed by atoms with E-state index in [0.29, 0.717) is 56.7 Å². The van der Waals surface area contributed by atoms with Crippen molar-refractivity contribution in [1.82, 2.24) is 0 Å².